The minimum absolute atomic E-state index is 0.172. The fourth-order valence-electron chi connectivity index (χ4n) is 3.96. The fourth-order valence-corrected chi connectivity index (χ4v) is 3.96. The molecule has 38 heavy (non-hydrogen) atoms. The number of hydrogen-bond donors (Lipinski definition) is 3. The van der Waals surface area contributed by atoms with Crippen molar-refractivity contribution in [3.05, 3.63) is 83.6 Å². The van der Waals surface area contributed by atoms with Gasteiger partial charge in [0.25, 0.3) is 0 Å². The van der Waals surface area contributed by atoms with Crippen LogP contribution in [0, 0.1) is 20.8 Å². The molecular formula is C29H29N5O4. The van der Waals surface area contributed by atoms with Crippen LogP contribution in [-0.2, 0) is 4.79 Å². The zero-order valence-corrected chi connectivity index (χ0v) is 21.9. The summed E-state index contributed by atoms with van der Waals surface area (Å²) in [4.78, 5) is 32.8. The number of hydrogen-bond acceptors (Lipinski definition) is 7. The molecule has 2 amide bonds. The SMILES string of the molecule is COc1cccc(-c2ccc(C)c(C)c2C)c1OC(=O)Nc1ccnc(Nc2cccc(NC(C)=O)c2)n1. The van der Waals surface area contributed by atoms with Crippen molar-refractivity contribution in [3.8, 4) is 22.6 Å². The van der Waals surface area contributed by atoms with E-state index in [1.165, 1.54) is 31.4 Å². The Balaban J connectivity index is 1.54. The van der Waals surface area contributed by atoms with Gasteiger partial charge >= 0.3 is 6.09 Å². The zero-order chi connectivity index (χ0) is 27.2. The summed E-state index contributed by atoms with van der Waals surface area (Å²) in [5.41, 5.74) is 6.44. The van der Waals surface area contributed by atoms with Crippen molar-refractivity contribution in [3.63, 3.8) is 0 Å². The summed E-state index contributed by atoms with van der Waals surface area (Å²) in [5, 5.41) is 8.44. The minimum atomic E-state index is -0.727. The fraction of sp³-hybridized carbons (Fsp3) is 0.172. The smallest absolute Gasteiger partial charge is 0.418 e. The number of carbonyl (C=O) groups is 2. The predicted octanol–water partition coefficient (Wildman–Crippen LogP) is 6.39. The first-order valence-corrected chi connectivity index (χ1v) is 12.0. The van der Waals surface area contributed by atoms with Crippen LogP contribution in [0.5, 0.6) is 11.5 Å². The standard InChI is InChI=1S/C29H29N5O4/c1-17-12-13-23(19(3)18(17)2)24-10-7-11-25(37-5)27(24)38-29(36)34-26-14-15-30-28(33-26)32-22-9-6-8-21(16-22)31-20(4)35/h6-16H,1-5H3,(H,31,35)(H2,30,32,33,34,36). The predicted molar refractivity (Wildman–Crippen MR) is 148 cm³/mol. The van der Waals surface area contributed by atoms with Gasteiger partial charge in [0, 0.05) is 30.1 Å². The molecule has 3 N–H and O–H groups in total. The van der Waals surface area contributed by atoms with Gasteiger partial charge in [-0.2, -0.15) is 4.98 Å². The highest BCUT2D eigenvalue weighted by Gasteiger charge is 2.19. The summed E-state index contributed by atoms with van der Waals surface area (Å²) in [6.07, 6.45) is 0.782. The number of para-hydroxylation sites is 1. The lowest BCUT2D eigenvalue weighted by Crippen LogP contribution is -2.18. The number of nitrogens with zero attached hydrogens (tertiary/aromatic N) is 2. The lowest BCUT2D eigenvalue weighted by Gasteiger charge is -2.17. The summed E-state index contributed by atoms with van der Waals surface area (Å²) in [6, 6.07) is 18.2. The Bertz CT molecular complexity index is 1500. The molecule has 9 heteroatoms. The molecule has 0 aliphatic carbocycles. The first kappa shape index (κ1) is 26.2. The average molecular weight is 512 g/mol. The van der Waals surface area contributed by atoms with E-state index in [0.29, 0.717) is 22.9 Å². The summed E-state index contributed by atoms with van der Waals surface area (Å²) in [7, 11) is 1.53. The van der Waals surface area contributed by atoms with Crippen molar-refractivity contribution < 1.29 is 19.1 Å². The van der Waals surface area contributed by atoms with E-state index in [4.69, 9.17) is 9.47 Å². The molecular weight excluding hydrogens is 482 g/mol. The van der Waals surface area contributed by atoms with Crippen molar-refractivity contribution in [2.45, 2.75) is 27.7 Å². The highest BCUT2D eigenvalue weighted by atomic mass is 16.6. The molecule has 0 unspecified atom stereocenters. The van der Waals surface area contributed by atoms with Crippen LogP contribution in [-0.4, -0.2) is 29.1 Å². The molecule has 4 rings (SSSR count). The summed E-state index contributed by atoms with van der Waals surface area (Å²) >= 11 is 0. The Morgan fingerprint density at radius 3 is 2.37 bits per heavy atom. The number of methoxy groups -OCH3 is 1. The van der Waals surface area contributed by atoms with E-state index in [9.17, 15) is 9.59 Å². The van der Waals surface area contributed by atoms with Gasteiger partial charge in [-0.3, -0.25) is 10.1 Å². The third-order valence-electron chi connectivity index (χ3n) is 6.07. The topological polar surface area (TPSA) is 114 Å². The molecule has 0 bridgehead atoms. The first-order chi connectivity index (χ1) is 18.2. The molecule has 0 saturated carbocycles. The van der Waals surface area contributed by atoms with E-state index in [1.54, 1.807) is 36.4 Å². The van der Waals surface area contributed by atoms with Gasteiger partial charge in [-0.15, -0.1) is 0 Å². The molecule has 1 aromatic heterocycles. The van der Waals surface area contributed by atoms with Crippen LogP contribution in [0.4, 0.5) is 27.9 Å². The second-order valence-electron chi connectivity index (χ2n) is 8.68. The summed E-state index contributed by atoms with van der Waals surface area (Å²) < 4.78 is 11.3. The molecule has 0 fully saturated rings. The number of nitrogens with one attached hydrogen (secondary N) is 3. The van der Waals surface area contributed by atoms with E-state index in [1.807, 2.05) is 31.2 Å². The Morgan fingerprint density at radius 2 is 1.61 bits per heavy atom. The molecule has 1 heterocycles. The first-order valence-electron chi connectivity index (χ1n) is 12.0. The van der Waals surface area contributed by atoms with E-state index >= 15 is 0 Å². The third-order valence-corrected chi connectivity index (χ3v) is 6.07. The van der Waals surface area contributed by atoms with Gasteiger partial charge < -0.3 is 20.1 Å². The van der Waals surface area contributed by atoms with Gasteiger partial charge in [0.1, 0.15) is 5.82 Å². The molecule has 0 radical (unpaired) electrons. The van der Waals surface area contributed by atoms with Gasteiger partial charge in [0.05, 0.1) is 7.11 Å². The molecule has 0 saturated heterocycles. The van der Waals surface area contributed by atoms with Crippen molar-refractivity contribution in [2.75, 3.05) is 23.1 Å². The molecule has 0 atom stereocenters. The Labute approximate surface area is 221 Å². The van der Waals surface area contributed by atoms with Gasteiger partial charge in [-0.05, 0) is 73.4 Å². The van der Waals surface area contributed by atoms with Crippen LogP contribution in [0.2, 0.25) is 0 Å². The van der Waals surface area contributed by atoms with E-state index in [2.05, 4.69) is 39.8 Å². The number of anilines is 4. The quantitative estimate of drug-likeness (QED) is 0.263. The monoisotopic (exact) mass is 511 g/mol. The van der Waals surface area contributed by atoms with Crippen LogP contribution < -0.4 is 25.4 Å². The number of rotatable bonds is 7. The molecule has 194 valence electrons. The Kier molecular flexibility index (Phi) is 7.86. The number of aromatic nitrogens is 2. The van der Waals surface area contributed by atoms with Crippen molar-refractivity contribution >= 4 is 35.1 Å². The normalized spacial score (nSPS) is 10.4. The number of aryl methyl sites for hydroxylation is 1. The van der Waals surface area contributed by atoms with Crippen molar-refractivity contribution in [1.82, 2.24) is 9.97 Å². The zero-order valence-electron chi connectivity index (χ0n) is 21.9. The lowest BCUT2D eigenvalue weighted by atomic mass is 9.93. The van der Waals surface area contributed by atoms with Crippen LogP contribution >= 0.6 is 0 Å². The molecule has 0 aliphatic rings. The van der Waals surface area contributed by atoms with Gasteiger partial charge in [0.2, 0.25) is 11.9 Å². The van der Waals surface area contributed by atoms with Gasteiger partial charge in [-0.1, -0.05) is 30.3 Å². The van der Waals surface area contributed by atoms with E-state index in [0.717, 1.165) is 16.7 Å². The largest absolute Gasteiger partial charge is 0.493 e. The molecule has 3 aromatic carbocycles. The van der Waals surface area contributed by atoms with Crippen LogP contribution in [0.3, 0.4) is 0 Å². The van der Waals surface area contributed by atoms with Crippen molar-refractivity contribution in [1.29, 1.82) is 0 Å². The second-order valence-corrected chi connectivity index (χ2v) is 8.68. The van der Waals surface area contributed by atoms with Crippen molar-refractivity contribution in [2.24, 2.45) is 0 Å². The molecule has 4 aromatic rings. The van der Waals surface area contributed by atoms with Gasteiger partial charge in [-0.25, -0.2) is 9.78 Å². The number of amides is 2. The van der Waals surface area contributed by atoms with Crippen LogP contribution in [0.1, 0.15) is 23.6 Å². The maximum absolute atomic E-state index is 12.9. The second kappa shape index (κ2) is 11.4. The minimum Gasteiger partial charge on any atom is -0.493 e. The summed E-state index contributed by atoms with van der Waals surface area (Å²) in [5.74, 6) is 1.06. The third kappa shape index (κ3) is 6.07. The maximum atomic E-state index is 12.9. The number of ether oxygens (including phenoxy) is 2. The Hall–Kier alpha value is -4.92. The Morgan fingerprint density at radius 1 is 0.842 bits per heavy atom. The van der Waals surface area contributed by atoms with Crippen LogP contribution in [0.15, 0.2) is 66.9 Å². The molecule has 0 aliphatic heterocycles. The average Bonchev–Trinajstić information content (AvgIpc) is 2.88. The highest BCUT2D eigenvalue weighted by molar-refractivity contribution is 5.90. The lowest BCUT2D eigenvalue weighted by molar-refractivity contribution is -0.114. The highest BCUT2D eigenvalue weighted by Crippen LogP contribution is 2.40. The molecule has 0 spiro atoms. The number of carbonyl (C=O) groups excluding carboxylic acids is 2. The van der Waals surface area contributed by atoms with Gasteiger partial charge in [0.15, 0.2) is 11.5 Å². The number of benzene rings is 3. The van der Waals surface area contributed by atoms with E-state index in [-0.39, 0.29) is 17.7 Å². The van der Waals surface area contributed by atoms with E-state index < -0.39 is 6.09 Å². The van der Waals surface area contributed by atoms with Crippen LogP contribution in [0.25, 0.3) is 11.1 Å². The summed E-state index contributed by atoms with van der Waals surface area (Å²) in [6.45, 7) is 7.61. The maximum Gasteiger partial charge on any atom is 0.418 e. The molecule has 9 nitrogen and oxygen atoms in total.